The lowest BCUT2D eigenvalue weighted by atomic mass is 9.59. The van der Waals surface area contributed by atoms with E-state index < -0.39 is 0 Å². The number of benzene rings is 1. The van der Waals surface area contributed by atoms with E-state index >= 15 is 0 Å². The van der Waals surface area contributed by atoms with Crippen LogP contribution >= 0.6 is 0 Å². The van der Waals surface area contributed by atoms with Crippen molar-refractivity contribution in [3.63, 3.8) is 0 Å². The van der Waals surface area contributed by atoms with Crippen LogP contribution in [-0.2, 0) is 11.3 Å². The smallest absolute Gasteiger partial charge is 0.114 e. The molecule has 2 nitrogen and oxygen atoms in total. The van der Waals surface area contributed by atoms with Crippen molar-refractivity contribution in [2.45, 2.75) is 66.2 Å². The van der Waals surface area contributed by atoms with E-state index in [0.29, 0.717) is 6.61 Å². The molecule has 0 aromatic heterocycles. The summed E-state index contributed by atoms with van der Waals surface area (Å²) >= 11 is 0. The van der Waals surface area contributed by atoms with Crippen molar-refractivity contribution in [2.24, 2.45) is 10.8 Å². The molecule has 0 radical (unpaired) electrons. The van der Waals surface area contributed by atoms with Crippen molar-refractivity contribution >= 4 is 0 Å². The Labute approximate surface area is 130 Å². The second kappa shape index (κ2) is 6.93. The van der Waals surface area contributed by atoms with E-state index in [2.05, 4.69) is 63.3 Å². The van der Waals surface area contributed by atoms with Gasteiger partial charge in [0.25, 0.3) is 0 Å². The molecule has 2 rings (SSSR count). The van der Waals surface area contributed by atoms with Crippen LogP contribution in [-0.4, -0.2) is 12.8 Å². The molecule has 1 aliphatic heterocycles. The predicted octanol–water partition coefficient (Wildman–Crippen LogP) is 4.75. The molecular formula is C19H31NO. The molecule has 0 bridgehead atoms. The SMILES string of the molecule is CCCC1(C(C)(C)C)CCCNC1OCc1ccccc1. The van der Waals surface area contributed by atoms with Gasteiger partial charge in [-0.2, -0.15) is 0 Å². The van der Waals surface area contributed by atoms with Gasteiger partial charge in [0.2, 0.25) is 0 Å². The van der Waals surface area contributed by atoms with Crippen molar-refractivity contribution in [3.05, 3.63) is 35.9 Å². The summed E-state index contributed by atoms with van der Waals surface area (Å²) in [5.74, 6) is 0. The van der Waals surface area contributed by atoms with Crippen molar-refractivity contribution in [1.82, 2.24) is 5.32 Å². The number of hydrogen-bond donors (Lipinski definition) is 1. The van der Waals surface area contributed by atoms with Crippen LogP contribution in [0.25, 0.3) is 0 Å². The zero-order chi connectivity index (χ0) is 15.3. The average Bonchev–Trinajstić information content (AvgIpc) is 2.46. The first-order chi connectivity index (χ1) is 9.99. The third-order valence-corrected chi connectivity index (χ3v) is 5.08. The van der Waals surface area contributed by atoms with E-state index in [1.807, 2.05) is 0 Å². The highest BCUT2D eigenvalue weighted by Gasteiger charge is 2.49. The van der Waals surface area contributed by atoms with Crippen molar-refractivity contribution < 1.29 is 4.74 Å². The minimum absolute atomic E-state index is 0.159. The highest BCUT2D eigenvalue weighted by Crippen LogP contribution is 2.50. The highest BCUT2D eigenvalue weighted by molar-refractivity contribution is 5.13. The molecule has 21 heavy (non-hydrogen) atoms. The predicted molar refractivity (Wildman–Crippen MR) is 89.1 cm³/mol. The molecule has 1 aliphatic rings. The summed E-state index contributed by atoms with van der Waals surface area (Å²) in [6.45, 7) is 11.2. The standard InChI is InChI=1S/C19H31NO/c1-5-12-19(18(2,3)4)13-9-14-20-17(19)21-15-16-10-7-6-8-11-16/h6-8,10-11,17,20H,5,9,12-15H2,1-4H3. The maximum absolute atomic E-state index is 6.35. The lowest BCUT2D eigenvalue weighted by Crippen LogP contribution is -2.57. The lowest BCUT2D eigenvalue weighted by molar-refractivity contribution is -0.142. The van der Waals surface area contributed by atoms with Gasteiger partial charge in [0, 0.05) is 5.41 Å². The third kappa shape index (κ3) is 3.67. The second-order valence-electron chi connectivity index (χ2n) is 7.39. The molecule has 2 atom stereocenters. The molecule has 118 valence electrons. The normalized spacial score (nSPS) is 26.8. The van der Waals surface area contributed by atoms with Crippen LogP contribution in [0.2, 0.25) is 0 Å². The van der Waals surface area contributed by atoms with Gasteiger partial charge >= 0.3 is 0 Å². The fourth-order valence-electron chi connectivity index (χ4n) is 3.78. The molecule has 1 fully saturated rings. The summed E-state index contributed by atoms with van der Waals surface area (Å²) in [6, 6.07) is 10.5. The van der Waals surface area contributed by atoms with E-state index in [-0.39, 0.29) is 17.1 Å². The van der Waals surface area contributed by atoms with Gasteiger partial charge < -0.3 is 4.74 Å². The topological polar surface area (TPSA) is 21.3 Å². The van der Waals surface area contributed by atoms with Crippen LogP contribution in [0.1, 0.15) is 58.9 Å². The summed E-state index contributed by atoms with van der Waals surface area (Å²) in [6.07, 6.45) is 5.11. The fourth-order valence-corrected chi connectivity index (χ4v) is 3.78. The van der Waals surface area contributed by atoms with Crippen LogP contribution in [0.15, 0.2) is 30.3 Å². The van der Waals surface area contributed by atoms with Gasteiger partial charge in [0.15, 0.2) is 0 Å². The van der Waals surface area contributed by atoms with E-state index in [0.717, 1.165) is 6.54 Å². The van der Waals surface area contributed by atoms with Crippen LogP contribution in [0.3, 0.4) is 0 Å². The van der Waals surface area contributed by atoms with Gasteiger partial charge in [0.1, 0.15) is 6.23 Å². The van der Waals surface area contributed by atoms with E-state index in [9.17, 15) is 0 Å². The molecule has 0 saturated carbocycles. The summed E-state index contributed by atoms with van der Waals surface area (Å²) in [5.41, 5.74) is 1.73. The van der Waals surface area contributed by atoms with Crippen molar-refractivity contribution in [3.8, 4) is 0 Å². The molecule has 2 heteroatoms. The number of piperidine rings is 1. The molecule has 1 N–H and O–H groups in total. The zero-order valence-corrected chi connectivity index (χ0v) is 14.1. The monoisotopic (exact) mass is 289 g/mol. The Morgan fingerprint density at radius 1 is 1.24 bits per heavy atom. The van der Waals surface area contributed by atoms with E-state index in [1.165, 1.54) is 31.2 Å². The first-order valence-corrected chi connectivity index (χ1v) is 8.38. The first-order valence-electron chi connectivity index (χ1n) is 8.38. The Morgan fingerprint density at radius 2 is 1.95 bits per heavy atom. The molecule has 2 unspecified atom stereocenters. The van der Waals surface area contributed by atoms with Crippen LogP contribution in [0, 0.1) is 10.8 Å². The maximum Gasteiger partial charge on any atom is 0.114 e. The quantitative estimate of drug-likeness (QED) is 0.845. The number of nitrogens with one attached hydrogen (secondary N) is 1. The minimum Gasteiger partial charge on any atom is -0.358 e. The molecule has 1 saturated heterocycles. The molecule has 0 spiro atoms. The van der Waals surface area contributed by atoms with Crippen LogP contribution in [0.4, 0.5) is 0 Å². The molecule has 1 heterocycles. The van der Waals surface area contributed by atoms with Gasteiger partial charge in [-0.3, -0.25) is 5.32 Å². The summed E-state index contributed by atoms with van der Waals surface area (Å²) in [5, 5.41) is 3.65. The lowest BCUT2D eigenvalue weighted by Gasteiger charge is -2.52. The van der Waals surface area contributed by atoms with Gasteiger partial charge in [-0.05, 0) is 36.8 Å². The van der Waals surface area contributed by atoms with Crippen LogP contribution < -0.4 is 5.32 Å². The van der Waals surface area contributed by atoms with Crippen LogP contribution in [0.5, 0.6) is 0 Å². The highest BCUT2D eigenvalue weighted by atomic mass is 16.5. The number of hydrogen-bond acceptors (Lipinski definition) is 2. The molecular weight excluding hydrogens is 258 g/mol. The van der Waals surface area contributed by atoms with E-state index in [1.54, 1.807) is 0 Å². The van der Waals surface area contributed by atoms with Crippen molar-refractivity contribution in [1.29, 1.82) is 0 Å². The Balaban J connectivity index is 2.13. The van der Waals surface area contributed by atoms with E-state index in [4.69, 9.17) is 4.74 Å². The Bertz CT molecular complexity index is 419. The molecule has 0 aliphatic carbocycles. The maximum atomic E-state index is 6.35. The fraction of sp³-hybridized carbons (Fsp3) is 0.684. The summed E-state index contributed by atoms with van der Waals surface area (Å²) in [4.78, 5) is 0. The summed E-state index contributed by atoms with van der Waals surface area (Å²) < 4.78 is 6.35. The van der Waals surface area contributed by atoms with Crippen molar-refractivity contribution in [2.75, 3.05) is 6.54 Å². The molecule has 1 aromatic carbocycles. The van der Waals surface area contributed by atoms with Gasteiger partial charge in [0.05, 0.1) is 6.61 Å². The first kappa shape index (κ1) is 16.5. The zero-order valence-electron chi connectivity index (χ0n) is 14.1. The number of ether oxygens (including phenoxy) is 1. The molecule has 0 amide bonds. The third-order valence-electron chi connectivity index (χ3n) is 5.08. The second-order valence-corrected chi connectivity index (χ2v) is 7.39. The van der Waals surface area contributed by atoms with Gasteiger partial charge in [-0.1, -0.05) is 64.4 Å². The minimum atomic E-state index is 0.159. The average molecular weight is 289 g/mol. The number of rotatable bonds is 5. The Morgan fingerprint density at radius 3 is 2.57 bits per heavy atom. The van der Waals surface area contributed by atoms with Gasteiger partial charge in [-0.15, -0.1) is 0 Å². The Kier molecular flexibility index (Phi) is 5.45. The molecule has 1 aromatic rings. The largest absolute Gasteiger partial charge is 0.358 e. The Hall–Kier alpha value is -0.860. The van der Waals surface area contributed by atoms with Gasteiger partial charge in [-0.25, -0.2) is 0 Å². The summed E-state index contributed by atoms with van der Waals surface area (Å²) in [7, 11) is 0.